The van der Waals surface area contributed by atoms with Crippen LogP contribution in [0.5, 0.6) is 0 Å². The second-order valence-electron chi connectivity index (χ2n) is 6.05. The predicted molar refractivity (Wildman–Crippen MR) is 93.7 cm³/mol. The van der Waals surface area contributed by atoms with E-state index < -0.39 is 0 Å². The van der Waals surface area contributed by atoms with Crippen LogP contribution in [0.1, 0.15) is 40.7 Å². The van der Waals surface area contributed by atoms with Crippen LogP contribution in [0.25, 0.3) is 11.3 Å². The lowest BCUT2D eigenvalue weighted by Crippen LogP contribution is -2.38. The standard InChI is InChI=1S/C18H17FN4OS/c19-13-5-3-4-12(10-13)16-14(11-21-22-16)18(24)23-8-2-1-6-15(23)17-20-7-9-25-17/h3-5,7,9-11,15H,1-2,6,8H2,(H,21,22)/t15-/m1/s1. The minimum atomic E-state index is -0.343. The largest absolute Gasteiger partial charge is 0.329 e. The Morgan fingerprint density at radius 2 is 2.28 bits per heavy atom. The van der Waals surface area contributed by atoms with Crippen LogP contribution in [0.4, 0.5) is 4.39 Å². The number of piperidine rings is 1. The molecule has 0 unspecified atom stereocenters. The van der Waals surface area contributed by atoms with E-state index in [1.54, 1.807) is 29.7 Å². The van der Waals surface area contributed by atoms with Crippen molar-refractivity contribution in [2.45, 2.75) is 25.3 Å². The quantitative estimate of drug-likeness (QED) is 0.770. The number of thiazole rings is 1. The van der Waals surface area contributed by atoms with Crippen molar-refractivity contribution in [1.82, 2.24) is 20.1 Å². The topological polar surface area (TPSA) is 61.9 Å². The van der Waals surface area contributed by atoms with E-state index in [-0.39, 0.29) is 17.8 Å². The Balaban J connectivity index is 1.68. The van der Waals surface area contributed by atoms with E-state index in [0.29, 0.717) is 23.4 Å². The molecule has 1 atom stereocenters. The molecule has 5 nitrogen and oxygen atoms in total. The molecule has 1 amide bonds. The van der Waals surface area contributed by atoms with Crippen LogP contribution >= 0.6 is 11.3 Å². The summed E-state index contributed by atoms with van der Waals surface area (Å²) in [5.74, 6) is -0.433. The molecule has 1 aliphatic rings. The summed E-state index contributed by atoms with van der Waals surface area (Å²) in [7, 11) is 0. The van der Waals surface area contributed by atoms with Gasteiger partial charge >= 0.3 is 0 Å². The molecule has 7 heteroatoms. The molecule has 2 aromatic heterocycles. The first-order valence-electron chi connectivity index (χ1n) is 8.23. The van der Waals surface area contributed by atoms with Gasteiger partial charge in [-0.25, -0.2) is 9.37 Å². The summed E-state index contributed by atoms with van der Waals surface area (Å²) < 4.78 is 13.6. The zero-order valence-electron chi connectivity index (χ0n) is 13.5. The summed E-state index contributed by atoms with van der Waals surface area (Å²) in [4.78, 5) is 19.5. The molecule has 1 aromatic carbocycles. The van der Waals surface area contributed by atoms with Crippen molar-refractivity contribution in [3.05, 3.63) is 58.4 Å². The number of H-pyrrole nitrogens is 1. The normalized spacial score (nSPS) is 17.6. The highest BCUT2D eigenvalue weighted by molar-refractivity contribution is 7.09. The second-order valence-corrected chi connectivity index (χ2v) is 6.98. The molecular weight excluding hydrogens is 339 g/mol. The van der Waals surface area contributed by atoms with Crippen LogP contribution in [-0.2, 0) is 0 Å². The van der Waals surface area contributed by atoms with Crippen LogP contribution in [0, 0.1) is 5.82 Å². The summed E-state index contributed by atoms with van der Waals surface area (Å²) in [6, 6.07) is 6.17. The number of halogens is 1. The Hall–Kier alpha value is -2.54. The van der Waals surface area contributed by atoms with Crippen molar-refractivity contribution in [3.8, 4) is 11.3 Å². The third kappa shape index (κ3) is 3.07. The van der Waals surface area contributed by atoms with Gasteiger partial charge in [0.25, 0.3) is 5.91 Å². The number of amides is 1. The molecule has 0 saturated carbocycles. The zero-order valence-corrected chi connectivity index (χ0v) is 14.3. The number of hydrogen-bond donors (Lipinski definition) is 1. The lowest BCUT2D eigenvalue weighted by atomic mass is 10.00. The number of rotatable bonds is 3. The SMILES string of the molecule is O=C(c1cn[nH]c1-c1cccc(F)c1)N1CCCC[C@@H]1c1nccs1. The Morgan fingerprint density at radius 1 is 1.36 bits per heavy atom. The summed E-state index contributed by atoms with van der Waals surface area (Å²) >= 11 is 1.57. The molecule has 3 heterocycles. The van der Waals surface area contributed by atoms with Crippen LogP contribution in [0.3, 0.4) is 0 Å². The van der Waals surface area contributed by atoms with Gasteiger partial charge in [0.15, 0.2) is 0 Å². The summed E-state index contributed by atoms with van der Waals surface area (Å²) in [6.45, 7) is 0.691. The molecule has 4 rings (SSSR count). The maximum atomic E-state index is 13.6. The smallest absolute Gasteiger partial charge is 0.258 e. The fourth-order valence-electron chi connectivity index (χ4n) is 3.30. The molecule has 1 aliphatic heterocycles. The number of carbonyl (C=O) groups excluding carboxylic acids is 1. The molecule has 3 aromatic rings. The minimum Gasteiger partial charge on any atom is -0.329 e. The third-order valence-corrected chi connectivity index (χ3v) is 5.36. The Morgan fingerprint density at radius 3 is 3.08 bits per heavy atom. The first kappa shape index (κ1) is 16.0. The molecule has 128 valence electrons. The van der Waals surface area contributed by atoms with E-state index in [1.165, 1.54) is 18.3 Å². The number of nitrogens with zero attached hydrogens (tertiary/aromatic N) is 3. The fraction of sp³-hybridized carbons (Fsp3) is 0.278. The maximum Gasteiger partial charge on any atom is 0.258 e. The van der Waals surface area contributed by atoms with Crippen LogP contribution in [-0.4, -0.2) is 32.5 Å². The number of carbonyl (C=O) groups is 1. The van der Waals surface area contributed by atoms with Gasteiger partial charge in [-0.15, -0.1) is 11.3 Å². The molecule has 0 spiro atoms. The second kappa shape index (κ2) is 6.76. The lowest BCUT2D eigenvalue weighted by molar-refractivity contribution is 0.0612. The van der Waals surface area contributed by atoms with Crippen molar-refractivity contribution in [1.29, 1.82) is 0 Å². The van der Waals surface area contributed by atoms with Gasteiger partial charge in [0.05, 0.1) is 23.5 Å². The highest BCUT2D eigenvalue weighted by Crippen LogP contribution is 2.34. The average molecular weight is 356 g/mol. The summed E-state index contributed by atoms with van der Waals surface area (Å²) in [5.41, 5.74) is 1.63. The minimum absolute atomic E-state index is 0.00323. The molecule has 1 N–H and O–H groups in total. The summed E-state index contributed by atoms with van der Waals surface area (Å²) in [6.07, 6.45) is 6.26. The van der Waals surface area contributed by atoms with Crippen molar-refractivity contribution < 1.29 is 9.18 Å². The van der Waals surface area contributed by atoms with Gasteiger partial charge in [0.1, 0.15) is 10.8 Å². The van der Waals surface area contributed by atoms with Crippen molar-refractivity contribution >= 4 is 17.2 Å². The molecule has 0 bridgehead atoms. The first-order chi connectivity index (χ1) is 12.2. The van der Waals surface area contributed by atoms with Gasteiger partial charge in [0, 0.05) is 23.7 Å². The van der Waals surface area contributed by atoms with E-state index in [4.69, 9.17) is 0 Å². The Bertz CT molecular complexity index is 877. The highest BCUT2D eigenvalue weighted by Gasteiger charge is 2.32. The van der Waals surface area contributed by atoms with E-state index >= 15 is 0 Å². The number of aromatic amines is 1. The molecule has 0 radical (unpaired) electrons. The van der Waals surface area contributed by atoms with Crippen LogP contribution in [0.2, 0.25) is 0 Å². The van der Waals surface area contributed by atoms with E-state index in [9.17, 15) is 9.18 Å². The van der Waals surface area contributed by atoms with Crippen LogP contribution in [0.15, 0.2) is 42.0 Å². The Labute approximate surface area is 148 Å². The predicted octanol–water partition coefficient (Wildman–Crippen LogP) is 4.04. The van der Waals surface area contributed by atoms with Gasteiger partial charge in [-0.1, -0.05) is 12.1 Å². The number of aromatic nitrogens is 3. The van der Waals surface area contributed by atoms with E-state index in [1.807, 2.05) is 10.3 Å². The third-order valence-electron chi connectivity index (χ3n) is 4.48. The van der Waals surface area contributed by atoms with Crippen molar-refractivity contribution in [2.24, 2.45) is 0 Å². The lowest BCUT2D eigenvalue weighted by Gasteiger charge is -2.34. The Kier molecular flexibility index (Phi) is 4.31. The molecule has 0 aliphatic carbocycles. The number of nitrogens with one attached hydrogen (secondary N) is 1. The molecule has 25 heavy (non-hydrogen) atoms. The fourth-order valence-corrected chi connectivity index (χ4v) is 4.08. The van der Waals surface area contributed by atoms with Gasteiger partial charge in [0.2, 0.25) is 0 Å². The van der Waals surface area contributed by atoms with Crippen molar-refractivity contribution in [2.75, 3.05) is 6.54 Å². The van der Waals surface area contributed by atoms with E-state index in [0.717, 1.165) is 24.3 Å². The number of likely N-dealkylation sites (tertiary alicyclic amines) is 1. The molecular formula is C18H17FN4OS. The number of hydrogen-bond acceptors (Lipinski definition) is 4. The average Bonchev–Trinajstić information content (AvgIpc) is 3.33. The van der Waals surface area contributed by atoms with Crippen molar-refractivity contribution in [3.63, 3.8) is 0 Å². The van der Waals surface area contributed by atoms with E-state index in [2.05, 4.69) is 15.2 Å². The highest BCUT2D eigenvalue weighted by atomic mass is 32.1. The molecule has 1 fully saturated rings. The van der Waals surface area contributed by atoms with Gasteiger partial charge in [-0.2, -0.15) is 5.10 Å². The molecule has 1 saturated heterocycles. The zero-order chi connectivity index (χ0) is 17.2. The van der Waals surface area contributed by atoms with Gasteiger partial charge in [-0.3, -0.25) is 9.89 Å². The monoisotopic (exact) mass is 356 g/mol. The maximum absolute atomic E-state index is 13.6. The summed E-state index contributed by atoms with van der Waals surface area (Å²) in [5, 5.41) is 9.76. The first-order valence-corrected chi connectivity index (χ1v) is 9.11. The van der Waals surface area contributed by atoms with Gasteiger partial charge < -0.3 is 4.90 Å². The number of benzene rings is 1. The van der Waals surface area contributed by atoms with Crippen LogP contribution < -0.4 is 0 Å². The van der Waals surface area contributed by atoms with Gasteiger partial charge in [-0.05, 0) is 31.4 Å².